The zero-order chi connectivity index (χ0) is 18.7. The summed E-state index contributed by atoms with van der Waals surface area (Å²) in [5.41, 5.74) is -0.828. The second-order valence-corrected chi connectivity index (χ2v) is 7.11. The molecule has 0 saturated heterocycles. The zero-order valence-electron chi connectivity index (χ0n) is 15.5. The number of hydrogen-bond acceptors (Lipinski definition) is 3. The van der Waals surface area contributed by atoms with Crippen LogP contribution < -0.4 is 0 Å². The Labute approximate surface area is 151 Å². The Morgan fingerprint density at radius 2 is 2.04 bits per heavy atom. The van der Waals surface area contributed by atoms with E-state index in [9.17, 15) is 14.7 Å². The number of carboxylic acid groups (broad SMARTS) is 1. The molecule has 1 aliphatic rings. The number of unbranched alkanes of at least 4 members (excludes halogenated alkanes) is 3. The molecule has 0 aliphatic heterocycles. The molecule has 1 rings (SSSR count). The van der Waals surface area contributed by atoms with E-state index in [4.69, 9.17) is 5.11 Å². The Bertz CT molecular complexity index is 514. The molecule has 0 aromatic carbocycles. The van der Waals surface area contributed by atoms with E-state index in [0.29, 0.717) is 19.3 Å². The lowest BCUT2D eigenvalue weighted by Crippen LogP contribution is -2.21. The molecule has 0 amide bonds. The molecule has 4 heteroatoms. The van der Waals surface area contributed by atoms with Gasteiger partial charge < -0.3 is 10.2 Å². The van der Waals surface area contributed by atoms with Crippen molar-refractivity contribution < 1.29 is 19.8 Å². The summed E-state index contributed by atoms with van der Waals surface area (Å²) in [7, 11) is 0. The highest BCUT2D eigenvalue weighted by Crippen LogP contribution is 2.28. The molecule has 140 valence electrons. The minimum absolute atomic E-state index is 0.0221. The van der Waals surface area contributed by atoms with Crippen molar-refractivity contribution in [3.63, 3.8) is 0 Å². The highest BCUT2D eigenvalue weighted by Gasteiger charge is 2.28. The lowest BCUT2D eigenvalue weighted by atomic mass is 9.88. The highest BCUT2D eigenvalue weighted by molar-refractivity contribution is 5.95. The second kappa shape index (κ2) is 11.0. The molecule has 0 fully saturated rings. The number of rotatable bonds is 12. The molecule has 0 spiro atoms. The van der Waals surface area contributed by atoms with Crippen LogP contribution in [0.15, 0.2) is 36.5 Å². The van der Waals surface area contributed by atoms with E-state index in [1.165, 1.54) is 0 Å². The van der Waals surface area contributed by atoms with Gasteiger partial charge in [-0.2, -0.15) is 0 Å². The van der Waals surface area contributed by atoms with Crippen molar-refractivity contribution in [3.05, 3.63) is 36.5 Å². The van der Waals surface area contributed by atoms with Crippen LogP contribution in [0.25, 0.3) is 0 Å². The molecule has 2 unspecified atom stereocenters. The van der Waals surface area contributed by atoms with Crippen LogP contribution in [0.5, 0.6) is 0 Å². The van der Waals surface area contributed by atoms with Gasteiger partial charge in [0.25, 0.3) is 0 Å². The van der Waals surface area contributed by atoms with Crippen LogP contribution in [-0.2, 0) is 9.59 Å². The molecule has 0 saturated carbocycles. The van der Waals surface area contributed by atoms with Crippen LogP contribution >= 0.6 is 0 Å². The maximum absolute atomic E-state index is 12.0. The summed E-state index contributed by atoms with van der Waals surface area (Å²) in [6.45, 7) is 3.95. The first-order chi connectivity index (χ1) is 11.9. The highest BCUT2D eigenvalue weighted by atomic mass is 16.4. The Morgan fingerprint density at radius 1 is 1.28 bits per heavy atom. The van der Waals surface area contributed by atoms with Gasteiger partial charge in [0.15, 0.2) is 5.78 Å². The van der Waals surface area contributed by atoms with E-state index in [2.05, 4.69) is 6.92 Å². The summed E-state index contributed by atoms with van der Waals surface area (Å²) in [6.07, 6.45) is 17.4. The van der Waals surface area contributed by atoms with Gasteiger partial charge in [-0.15, -0.1) is 0 Å². The number of carboxylic acids is 1. The fourth-order valence-corrected chi connectivity index (χ4v) is 2.99. The van der Waals surface area contributed by atoms with Crippen molar-refractivity contribution in [2.75, 3.05) is 0 Å². The van der Waals surface area contributed by atoms with Gasteiger partial charge in [0.05, 0.1) is 5.60 Å². The second-order valence-electron chi connectivity index (χ2n) is 7.11. The number of hydrogen-bond donors (Lipinski definition) is 2. The molecule has 2 N–H and O–H groups in total. The van der Waals surface area contributed by atoms with Crippen LogP contribution in [0.1, 0.15) is 65.2 Å². The third kappa shape index (κ3) is 8.82. The molecular formula is C21H32O4. The van der Waals surface area contributed by atoms with Crippen molar-refractivity contribution in [1.29, 1.82) is 0 Å². The van der Waals surface area contributed by atoms with E-state index in [0.717, 1.165) is 25.7 Å². The molecule has 0 aromatic heterocycles. The van der Waals surface area contributed by atoms with Crippen LogP contribution in [-0.4, -0.2) is 27.6 Å². The Hall–Kier alpha value is -1.68. The van der Waals surface area contributed by atoms with E-state index < -0.39 is 11.6 Å². The number of aliphatic carboxylic acids is 1. The van der Waals surface area contributed by atoms with Crippen molar-refractivity contribution >= 4 is 11.8 Å². The number of allylic oxidation sites excluding steroid dienone is 5. The van der Waals surface area contributed by atoms with Crippen molar-refractivity contribution in [1.82, 2.24) is 0 Å². The topological polar surface area (TPSA) is 74.6 Å². The average molecular weight is 348 g/mol. The Kier molecular flexibility index (Phi) is 9.43. The van der Waals surface area contributed by atoms with E-state index >= 15 is 0 Å². The van der Waals surface area contributed by atoms with Crippen LogP contribution in [0.4, 0.5) is 0 Å². The van der Waals surface area contributed by atoms with Gasteiger partial charge in [-0.1, -0.05) is 56.6 Å². The van der Waals surface area contributed by atoms with Crippen molar-refractivity contribution in [2.45, 2.75) is 70.8 Å². The third-order valence-electron chi connectivity index (χ3n) is 4.59. The maximum atomic E-state index is 12.0. The summed E-state index contributed by atoms with van der Waals surface area (Å²) >= 11 is 0. The van der Waals surface area contributed by atoms with E-state index in [1.807, 2.05) is 37.3 Å². The monoisotopic (exact) mass is 348 g/mol. The molecule has 25 heavy (non-hydrogen) atoms. The quantitative estimate of drug-likeness (QED) is 0.404. The first-order valence-electron chi connectivity index (χ1n) is 9.36. The molecule has 0 aromatic rings. The number of ketones is 1. The fourth-order valence-electron chi connectivity index (χ4n) is 2.99. The normalized spacial score (nSPS) is 22.9. The molecule has 3 atom stereocenters. The van der Waals surface area contributed by atoms with Crippen molar-refractivity contribution in [2.24, 2.45) is 11.8 Å². The average Bonchev–Trinajstić information content (AvgIpc) is 2.89. The predicted octanol–water partition coefficient (Wildman–Crippen LogP) is 4.45. The molecule has 1 aliphatic carbocycles. The molecule has 0 radical (unpaired) electrons. The fraction of sp³-hybridized carbons (Fsp3) is 0.619. The Balaban J connectivity index is 2.48. The summed E-state index contributed by atoms with van der Waals surface area (Å²) in [5.74, 6) is -0.748. The lowest BCUT2D eigenvalue weighted by molar-refractivity contribution is -0.137. The predicted molar refractivity (Wildman–Crippen MR) is 100 cm³/mol. The van der Waals surface area contributed by atoms with E-state index in [1.54, 1.807) is 6.08 Å². The van der Waals surface area contributed by atoms with Gasteiger partial charge in [-0.25, -0.2) is 0 Å². The van der Waals surface area contributed by atoms with Crippen LogP contribution in [0.2, 0.25) is 0 Å². The van der Waals surface area contributed by atoms with Crippen LogP contribution in [0, 0.1) is 11.8 Å². The summed E-state index contributed by atoms with van der Waals surface area (Å²) < 4.78 is 0. The van der Waals surface area contributed by atoms with Gasteiger partial charge in [0.1, 0.15) is 0 Å². The van der Waals surface area contributed by atoms with Gasteiger partial charge in [0.2, 0.25) is 0 Å². The molecule has 0 bridgehead atoms. The number of carbonyl (C=O) groups excluding carboxylic acids is 1. The van der Waals surface area contributed by atoms with Gasteiger partial charge in [0, 0.05) is 18.3 Å². The van der Waals surface area contributed by atoms with Gasteiger partial charge in [-0.3, -0.25) is 9.59 Å². The largest absolute Gasteiger partial charge is 0.481 e. The Morgan fingerprint density at radius 3 is 2.72 bits per heavy atom. The van der Waals surface area contributed by atoms with E-state index in [-0.39, 0.29) is 24.0 Å². The lowest BCUT2D eigenvalue weighted by Gasteiger charge is -2.20. The minimum Gasteiger partial charge on any atom is -0.481 e. The summed E-state index contributed by atoms with van der Waals surface area (Å²) in [6, 6.07) is 0. The van der Waals surface area contributed by atoms with Crippen LogP contribution in [0.3, 0.4) is 0 Å². The zero-order valence-corrected chi connectivity index (χ0v) is 15.5. The van der Waals surface area contributed by atoms with Crippen molar-refractivity contribution in [3.8, 4) is 0 Å². The minimum atomic E-state index is -0.828. The third-order valence-corrected chi connectivity index (χ3v) is 4.59. The number of carbonyl (C=O) groups is 2. The van der Waals surface area contributed by atoms with Gasteiger partial charge in [-0.05, 0) is 38.7 Å². The molecule has 4 nitrogen and oxygen atoms in total. The van der Waals surface area contributed by atoms with Gasteiger partial charge >= 0.3 is 5.97 Å². The molecule has 0 heterocycles. The SMILES string of the molecule is CCCCCC(C)(O)/C=C/[C@H]1C=CC(=O)C1C/C=C\CCCC(=O)O. The standard InChI is InChI=1S/C21H32O4/c1-3-4-9-15-21(2,25)16-14-17-12-13-19(22)18(17)10-7-5-6-8-11-20(23)24/h5,7,12-14,16-18,25H,3-4,6,8-11,15H2,1-2H3,(H,23,24)/b7-5-,16-14+/t17-,18?,21?/m1/s1. The molecular weight excluding hydrogens is 316 g/mol. The summed E-state index contributed by atoms with van der Waals surface area (Å²) in [4.78, 5) is 22.5. The smallest absolute Gasteiger partial charge is 0.303 e. The summed E-state index contributed by atoms with van der Waals surface area (Å²) in [5, 5.41) is 19.0. The maximum Gasteiger partial charge on any atom is 0.303 e. The first-order valence-corrected chi connectivity index (χ1v) is 9.36. The number of aliphatic hydroxyl groups is 1. The first kappa shape index (κ1) is 21.4.